The molecular formula is C21H31IN6OS. The first-order valence-corrected chi connectivity index (χ1v) is 10.9. The van der Waals surface area contributed by atoms with Crippen LogP contribution in [0.2, 0.25) is 0 Å². The van der Waals surface area contributed by atoms with E-state index < -0.39 is 0 Å². The van der Waals surface area contributed by atoms with Crippen molar-refractivity contribution in [2.75, 3.05) is 26.7 Å². The van der Waals surface area contributed by atoms with Gasteiger partial charge < -0.3 is 16.0 Å². The fourth-order valence-electron chi connectivity index (χ4n) is 3.59. The third-order valence-corrected chi connectivity index (χ3v) is 6.08. The maximum absolute atomic E-state index is 12.1. The molecular weight excluding hydrogens is 511 g/mol. The number of hydrogen-bond donors (Lipinski definition) is 3. The van der Waals surface area contributed by atoms with Crippen molar-refractivity contribution in [1.29, 1.82) is 0 Å². The van der Waals surface area contributed by atoms with Gasteiger partial charge >= 0.3 is 0 Å². The first kappa shape index (κ1) is 24.5. The number of hydrogen-bond acceptors (Lipinski definition) is 5. The van der Waals surface area contributed by atoms with Crippen molar-refractivity contribution in [2.45, 2.75) is 38.9 Å². The van der Waals surface area contributed by atoms with E-state index in [-0.39, 0.29) is 29.9 Å². The zero-order valence-corrected chi connectivity index (χ0v) is 20.9. The third kappa shape index (κ3) is 6.92. The van der Waals surface area contributed by atoms with Crippen LogP contribution in [0.5, 0.6) is 0 Å². The van der Waals surface area contributed by atoms with E-state index in [1.54, 1.807) is 12.6 Å². The highest BCUT2D eigenvalue weighted by molar-refractivity contribution is 14.0. The minimum Gasteiger partial charge on any atom is -0.355 e. The Labute approximate surface area is 199 Å². The number of aliphatic imine (C=N–C) groups is 1. The summed E-state index contributed by atoms with van der Waals surface area (Å²) in [7, 11) is 1.77. The summed E-state index contributed by atoms with van der Waals surface area (Å²) in [5, 5.41) is 9.72. The first-order valence-electron chi connectivity index (χ1n) is 10.00. The van der Waals surface area contributed by atoms with Crippen LogP contribution in [-0.4, -0.2) is 60.5 Å². The molecule has 2 heterocycles. The lowest BCUT2D eigenvalue weighted by Gasteiger charge is -2.21. The van der Waals surface area contributed by atoms with Crippen LogP contribution in [0.4, 0.5) is 0 Å². The van der Waals surface area contributed by atoms with E-state index in [1.807, 2.05) is 6.92 Å². The summed E-state index contributed by atoms with van der Waals surface area (Å²) in [5.74, 6) is 0.697. The molecule has 0 aliphatic carbocycles. The lowest BCUT2D eigenvalue weighted by molar-refractivity contribution is 0.0957. The number of guanidine groups is 1. The van der Waals surface area contributed by atoms with Gasteiger partial charge in [0.1, 0.15) is 4.88 Å². The number of halogens is 1. The largest absolute Gasteiger partial charge is 0.355 e. The molecule has 0 spiro atoms. The van der Waals surface area contributed by atoms with Crippen LogP contribution in [0, 0.1) is 6.92 Å². The van der Waals surface area contributed by atoms with Crippen LogP contribution < -0.4 is 16.0 Å². The van der Waals surface area contributed by atoms with E-state index in [0.717, 1.165) is 31.2 Å². The predicted molar refractivity (Wildman–Crippen MR) is 134 cm³/mol. The van der Waals surface area contributed by atoms with Crippen LogP contribution in [0.3, 0.4) is 0 Å². The van der Waals surface area contributed by atoms with Gasteiger partial charge in [-0.3, -0.25) is 14.7 Å². The molecule has 1 fully saturated rings. The maximum atomic E-state index is 12.1. The van der Waals surface area contributed by atoms with Gasteiger partial charge in [-0.25, -0.2) is 4.98 Å². The van der Waals surface area contributed by atoms with E-state index in [1.165, 1.54) is 16.9 Å². The van der Waals surface area contributed by atoms with Gasteiger partial charge in [-0.15, -0.1) is 35.3 Å². The van der Waals surface area contributed by atoms with Crippen molar-refractivity contribution >= 4 is 47.2 Å². The Balaban J connectivity index is 0.00000320. The fourth-order valence-corrected chi connectivity index (χ4v) is 4.31. The average Bonchev–Trinajstić information content (AvgIpc) is 3.30. The number of benzene rings is 1. The van der Waals surface area contributed by atoms with E-state index in [4.69, 9.17) is 0 Å². The Kier molecular flexibility index (Phi) is 9.99. The van der Waals surface area contributed by atoms with Crippen LogP contribution in [-0.2, 0) is 6.54 Å². The van der Waals surface area contributed by atoms with E-state index in [0.29, 0.717) is 30.1 Å². The summed E-state index contributed by atoms with van der Waals surface area (Å²) in [6.45, 7) is 7.21. The second kappa shape index (κ2) is 12.2. The highest BCUT2D eigenvalue weighted by Crippen LogP contribution is 2.20. The topological polar surface area (TPSA) is 81.6 Å². The molecule has 2 atom stereocenters. The molecule has 2 unspecified atom stereocenters. The summed E-state index contributed by atoms with van der Waals surface area (Å²) in [4.78, 5) is 23.7. The van der Waals surface area contributed by atoms with Crippen molar-refractivity contribution in [3.05, 3.63) is 52.0 Å². The molecule has 1 aromatic carbocycles. The number of thiazole rings is 1. The molecule has 0 bridgehead atoms. The Bertz CT molecular complexity index is 828. The zero-order chi connectivity index (χ0) is 20.6. The standard InChI is InChI=1S/C21H30N6OS.HI/c1-15-11-18(13-27(15)12-17-7-5-4-6-8-17)26-21(22-3)24-10-9-23-20(28)19-16(2)25-14-29-19;/h4-8,14-15,18H,9-13H2,1-3H3,(H,23,28)(H2,22,24,26);1H. The van der Waals surface area contributed by atoms with Gasteiger partial charge in [0.15, 0.2) is 5.96 Å². The maximum Gasteiger partial charge on any atom is 0.263 e. The van der Waals surface area contributed by atoms with Crippen LogP contribution >= 0.6 is 35.3 Å². The molecule has 0 saturated carbocycles. The van der Waals surface area contributed by atoms with E-state index in [2.05, 4.69) is 68.1 Å². The summed E-state index contributed by atoms with van der Waals surface area (Å²) < 4.78 is 0. The Morgan fingerprint density at radius 1 is 1.27 bits per heavy atom. The predicted octanol–water partition coefficient (Wildman–Crippen LogP) is 2.63. The van der Waals surface area contributed by atoms with Gasteiger partial charge in [0.2, 0.25) is 0 Å². The summed E-state index contributed by atoms with van der Waals surface area (Å²) in [6, 6.07) is 11.5. The minimum absolute atomic E-state index is 0. The number of likely N-dealkylation sites (tertiary alicyclic amines) is 1. The second-order valence-electron chi connectivity index (χ2n) is 7.36. The van der Waals surface area contributed by atoms with Gasteiger partial charge in [-0.2, -0.15) is 0 Å². The average molecular weight is 542 g/mol. The molecule has 0 radical (unpaired) electrons. The Hall–Kier alpha value is -1.72. The quantitative estimate of drug-likeness (QED) is 0.217. The number of rotatable bonds is 7. The molecule has 2 aromatic rings. The Morgan fingerprint density at radius 3 is 2.67 bits per heavy atom. The number of nitrogens with zero attached hydrogens (tertiary/aromatic N) is 3. The molecule has 30 heavy (non-hydrogen) atoms. The molecule has 164 valence electrons. The molecule has 1 amide bonds. The number of aromatic nitrogens is 1. The van der Waals surface area contributed by atoms with Crippen molar-refractivity contribution in [3.8, 4) is 0 Å². The van der Waals surface area contributed by atoms with E-state index in [9.17, 15) is 4.79 Å². The van der Waals surface area contributed by atoms with Crippen molar-refractivity contribution in [1.82, 2.24) is 25.8 Å². The monoisotopic (exact) mass is 542 g/mol. The third-order valence-electron chi connectivity index (χ3n) is 5.15. The molecule has 1 aliphatic heterocycles. The highest BCUT2D eigenvalue weighted by Gasteiger charge is 2.29. The molecule has 3 N–H and O–H groups in total. The highest BCUT2D eigenvalue weighted by atomic mass is 127. The van der Waals surface area contributed by atoms with Gasteiger partial charge in [0.05, 0.1) is 11.2 Å². The summed E-state index contributed by atoms with van der Waals surface area (Å²) in [6.07, 6.45) is 1.08. The minimum atomic E-state index is -0.0732. The second-order valence-corrected chi connectivity index (χ2v) is 8.22. The number of nitrogens with one attached hydrogen (secondary N) is 3. The number of aryl methyl sites for hydroxylation is 1. The number of amides is 1. The number of carbonyl (C=O) groups excluding carboxylic acids is 1. The normalized spacial score (nSPS) is 19.2. The SMILES string of the molecule is CN=C(NCCNC(=O)c1scnc1C)NC1CC(C)N(Cc2ccccc2)C1.I. The Morgan fingerprint density at radius 2 is 2.00 bits per heavy atom. The smallest absolute Gasteiger partial charge is 0.263 e. The van der Waals surface area contributed by atoms with Gasteiger partial charge in [0.25, 0.3) is 5.91 Å². The summed E-state index contributed by atoms with van der Waals surface area (Å²) in [5.41, 5.74) is 3.81. The van der Waals surface area contributed by atoms with Gasteiger partial charge in [-0.05, 0) is 25.8 Å². The lowest BCUT2D eigenvalue weighted by Crippen LogP contribution is -2.46. The lowest BCUT2D eigenvalue weighted by atomic mass is 10.2. The number of carbonyl (C=O) groups is 1. The fraction of sp³-hybridized carbons (Fsp3) is 0.476. The van der Waals surface area contributed by atoms with E-state index >= 15 is 0 Å². The molecule has 3 rings (SSSR count). The van der Waals surface area contributed by atoms with Gasteiger partial charge in [-0.1, -0.05) is 30.3 Å². The molecule has 9 heteroatoms. The molecule has 7 nitrogen and oxygen atoms in total. The first-order chi connectivity index (χ1) is 14.1. The van der Waals surface area contributed by atoms with Gasteiger partial charge in [0, 0.05) is 45.3 Å². The van der Waals surface area contributed by atoms with Crippen molar-refractivity contribution in [2.24, 2.45) is 4.99 Å². The van der Waals surface area contributed by atoms with Crippen molar-refractivity contribution in [3.63, 3.8) is 0 Å². The molecule has 1 aromatic heterocycles. The van der Waals surface area contributed by atoms with Crippen LogP contribution in [0.15, 0.2) is 40.8 Å². The van der Waals surface area contributed by atoms with Crippen LogP contribution in [0.1, 0.15) is 34.3 Å². The van der Waals surface area contributed by atoms with Crippen molar-refractivity contribution < 1.29 is 4.79 Å². The van der Waals surface area contributed by atoms with Crippen LogP contribution in [0.25, 0.3) is 0 Å². The molecule has 1 aliphatic rings. The zero-order valence-electron chi connectivity index (χ0n) is 17.7. The molecule has 1 saturated heterocycles. The summed E-state index contributed by atoms with van der Waals surface area (Å²) >= 11 is 1.36.